The van der Waals surface area contributed by atoms with Crippen molar-refractivity contribution in [2.45, 2.75) is 79.5 Å². The van der Waals surface area contributed by atoms with E-state index in [-0.39, 0.29) is 0 Å². The molecule has 0 aliphatic heterocycles. The van der Waals surface area contributed by atoms with E-state index in [9.17, 15) is 0 Å². The average Bonchev–Trinajstić information content (AvgIpc) is 3.21. The first-order valence-electron chi connectivity index (χ1n) is 12.7. The summed E-state index contributed by atoms with van der Waals surface area (Å²) in [4.78, 5) is 7.14. The molecule has 0 aliphatic rings. The zero-order valence-corrected chi connectivity index (χ0v) is 24.1. The number of hydrogen-bond acceptors (Lipinski definition) is 2. The molecule has 0 bridgehead atoms. The van der Waals surface area contributed by atoms with Crippen LogP contribution in [-0.2, 0) is 0 Å². The number of imidazole rings is 1. The van der Waals surface area contributed by atoms with Crippen molar-refractivity contribution in [1.29, 1.82) is 0 Å². The van der Waals surface area contributed by atoms with Crippen LogP contribution in [0.25, 0.3) is 16.9 Å². The van der Waals surface area contributed by atoms with Crippen LogP contribution in [0.4, 0.5) is 5.69 Å². The van der Waals surface area contributed by atoms with E-state index in [1.165, 1.54) is 68.6 Å². The van der Waals surface area contributed by atoms with E-state index in [4.69, 9.17) is 4.98 Å². The fourth-order valence-electron chi connectivity index (χ4n) is 5.08. The fraction of sp³-hybridized carbons (Fsp3) is 0.536. The molecule has 0 saturated carbocycles. The Morgan fingerprint density at radius 2 is 1.41 bits per heavy atom. The summed E-state index contributed by atoms with van der Waals surface area (Å²) in [5.41, 5.74) is 6.06. The van der Waals surface area contributed by atoms with Gasteiger partial charge in [-0.05, 0) is 0 Å². The van der Waals surface area contributed by atoms with Gasteiger partial charge in [0.2, 0.25) is 0 Å². The van der Waals surface area contributed by atoms with E-state index in [0.29, 0.717) is 0 Å². The monoisotopic (exact) mass is 541 g/mol. The van der Waals surface area contributed by atoms with Crippen LogP contribution in [0.3, 0.4) is 0 Å². The second kappa shape index (κ2) is 11.6. The molecular formula is C28H43N3Sn. The SMILES string of the molecule is CCC[CH2][Sn]([CH2]CCC)([CH2]CCC)[c]1cn2cc(-c3ccc(N(C)C)cc3)nc2cc1C. The predicted octanol–water partition coefficient (Wildman–Crippen LogP) is 7.43. The number of aryl methyl sites for hydroxylation is 1. The van der Waals surface area contributed by atoms with Crippen LogP contribution in [0.5, 0.6) is 0 Å². The molecule has 174 valence electrons. The van der Waals surface area contributed by atoms with Gasteiger partial charge in [-0.3, -0.25) is 0 Å². The van der Waals surface area contributed by atoms with Gasteiger partial charge >= 0.3 is 201 Å². The van der Waals surface area contributed by atoms with Gasteiger partial charge in [0.05, 0.1) is 0 Å². The third-order valence-electron chi connectivity index (χ3n) is 7.08. The van der Waals surface area contributed by atoms with Crippen molar-refractivity contribution in [2.75, 3.05) is 19.0 Å². The molecule has 0 radical (unpaired) electrons. The molecule has 3 rings (SSSR count). The van der Waals surface area contributed by atoms with Gasteiger partial charge in [0, 0.05) is 0 Å². The van der Waals surface area contributed by atoms with Crippen LogP contribution >= 0.6 is 0 Å². The molecule has 3 nitrogen and oxygen atoms in total. The second-order valence-electron chi connectivity index (χ2n) is 9.79. The molecule has 0 amide bonds. The Morgan fingerprint density at radius 3 is 1.91 bits per heavy atom. The standard InChI is InChI=1S/C16H16N3.3C4H9.Sn/c1-12-8-9-19-11-15(17-16(19)10-12)13-4-6-14(7-5-13)18(2)3;3*1-3-4-2;/h4-7,9-11H,1-3H3;3*1,3-4H2,2H3;. The fourth-order valence-corrected chi connectivity index (χ4v) is 22.1. The summed E-state index contributed by atoms with van der Waals surface area (Å²) >= 11 is -2.48. The number of unbranched alkanes of at least 4 members (excludes halogenated alkanes) is 3. The van der Waals surface area contributed by atoms with E-state index < -0.39 is 18.4 Å². The Kier molecular flexibility index (Phi) is 9.10. The van der Waals surface area contributed by atoms with Crippen molar-refractivity contribution in [3.8, 4) is 11.3 Å². The number of rotatable bonds is 12. The van der Waals surface area contributed by atoms with Crippen molar-refractivity contribution in [3.05, 3.63) is 48.3 Å². The minimum absolute atomic E-state index is 1.07. The van der Waals surface area contributed by atoms with Gasteiger partial charge in [-0.2, -0.15) is 0 Å². The van der Waals surface area contributed by atoms with Crippen molar-refractivity contribution in [1.82, 2.24) is 9.38 Å². The van der Waals surface area contributed by atoms with E-state index in [1.54, 1.807) is 3.58 Å². The number of fused-ring (bicyclic) bond motifs is 1. The summed E-state index contributed by atoms with van der Waals surface area (Å²) < 4.78 is 8.60. The molecule has 0 fully saturated rings. The van der Waals surface area contributed by atoms with Crippen molar-refractivity contribution < 1.29 is 0 Å². The van der Waals surface area contributed by atoms with E-state index in [1.807, 2.05) is 0 Å². The number of pyridine rings is 1. The summed E-state index contributed by atoms with van der Waals surface area (Å²) in [6.07, 6.45) is 12.9. The molecule has 3 aromatic rings. The van der Waals surface area contributed by atoms with Crippen LogP contribution < -0.4 is 8.48 Å². The summed E-state index contributed by atoms with van der Waals surface area (Å²) in [5, 5.41) is 0. The Bertz CT molecular complexity index is 966. The zero-order valence-electron chi connectivity index (χ0n) is 21.2. The van der Waals surface area contributed by atoms with Crippen LogP contribution in [0.2, 0.25) is 13.3 Å². The average molecular weight is 540 g/mol. The minimum atomic E-state index is -2.48. The van der Waals surface area contributed by atoms with Gasteiger partial charge in [-0.25, -0.2) is 0 Å². The molecule has 0 saturated heterocycles. The normalized spacial score (nSPS) is 11.9. The number of anilines is 1. The molecular weight excluding hydrogens is 497 g/mol. The Balaban J connectivity index is 2.04. The molecule has 0 aliphatic carbocycles. The van der Waals surface area contributed by atoms with E-state index in [2.05, 4.69) is 93.8 Å². The molecule has 0 N–H and O–H groups in total. The first-order chi connectivity index (χ1) is 15.4. The number of nitrogens with zero attached hydrogens (tertiary/aromatic N) is 3. The third kappa shape index (κ3) is 5.70. The first-order valence-corrected chi connectivity index (χ1v) is 20.2. The summed E-state index contributed by atoms with van der Waals surface area (Å²) in [6.45, 7) is 9.42. The van der Waals surface area contributed by atoms with Gasteiger partial charge in [0.1, 0.15) is 0 Å². The Hall–Kier alpha value is -1.49. The van der Waals surface area contributed by atoms with Gasteiger partial charge in [0.15, 0.2) is 0 Å². The van der Waals surface area contributed by atoms with Gasteiger partial charge in [-0.15, -0.1) is 0 Å². The molecule has 32 heavy (non-hydrogen) atoms. The maximum absolute atomic E-state index is 5.00. The Morgan fingerprint density at radius 1 is 0.844 bits per heavy atom. The third-order valence-corrected chi connectivity index (χ3v) is 23.1. The molecule has 2 aromatic heterocycles. The molecule has 1 aromatic carbocycles. The number of hydrogen-bond donors (Lipinski definition) is 0. The maximum atomic E-state index is 5.00. The van der Waals surface area contributed by atoms with E-state index >= 15 is 0 Å². The Labute approximate surface area is 200 Å². The molecule has 2 heterocycles. The zero-order chi connectivity index (χ0) is 23.1. The van der Waals surface area contributed by atoms with Crippen LogP contribution in [0.1, 0.15) is 64.9 Å². The summed E-state index contributed by atoms with van der Waals surface area (Å²) in [6, 6.07) is 11.1. The van der Waals surface area contributed by atoms with E-state index in [0.717, 1.165) is 11.3 Å². The topological polar surface area (TPSA) is 20.5 Å². The first kappa shape index (κ1) is 25.1. The quantitative estimate of drug-likeness (QED) is 0.223. The van der Waals surface area contributed by atoms with Gasteiger partial charge in [0.25, 0.3) is 0 Å². The van der Waals surface area contributed by atoms with Crippen LogP contribution in [0, 0.1) is 6.92 Å². The molecule has 0 spiro atoms. The molecule has 4 heteroatoms. The molecule has 0 atom stereocenters. The van der Waals surface area contributed by atoms with Crippen LogP contribution in [-0.4, -0.2) is 41.9 Å². The van der Waals surface area contributed by atoms with Crippen molar-refractivity contribution in [2.24, 2.45) is 0 Å². The predicted molar refractivity (Wildman–Crippen MR) is 144 cm³/mol. The van der Waals surface area contributed by atoms with Gasteiger partial charge in [-0.1, -0.05) is 0 Å². The number of aromatic nitrogens is 2. The number of benzene rings is 1. The van der Waals surface area contributed by atoms with Gasteiger partial charge < -0.3 is 0 Å². The molecule has 0 unspecified atom stereocenters. The summed E-state index contributed by atoms with van der Waals surface area (Å²) in [5.74, 6) is 0. The van der Waals surface area contributed by atoms with Crippen molar-refractivity contribution >= 4 is 33.3 Å². The second-order valence-corrected chi connectivity index (χ2v) is 22.9. The van der Waals surface area contributed by atoms with Crippen LogP contribution in [0.15, 0.2) is 42.7 Å². The van der Waals surface area contributed by atoms with Crippen molar-refractivity contribution in [3.63, 3.8) is 0 Å². The summed E-state index contributed by atoms with van der Waals surface area (Å²) in [7, 11) is 4.16.